The second kappa shape index (κ2) is 11.2. The van der Waals surface area contributed by atoms with Crippen molar-refractivity contribution in [2.75, 3.05) is 26.2 Å². The number of Topliss-reactive ketones (excluding diaryl/α,β-unsaturated/α-hetero) is 1. The van der Waals surface area contributed by atoms with Crippen LogP contribution < -0.4 is 4.74 Å². The Labute approximate surface area is 140 Å². The second-order valence-corrected chi connectivity index (χ2v) is 6.11. The maximum absolute atomic E-state index is 11.0. The molecule has 1 aromatic carbocycles. The van der Waals surface area contributed by atoms with Crippen molar-refractivity contribution < 1.29 is 14.6 Å². The molecule has 0 aliphatic heterocycles. The van der Waals surface area contributed by atoms with Gasteiger partial charge in [-0.2, -0.15) is 0 Å². The van der Waals surface area contributed by atoms with Gasteiger partial charge in [-0.3, -0.25) is 0 Å². The minimum atomic E-state index is -0.481. The number of carbonyl (C=O) groups excluding carboxylic acids is 1. The molecule has 0 saturated carbocycles. The lowest BCUT2D eigenvalue weighted by Crippen LogP contribution is -2.36. The third-order valence-corrected chi connectivity index (χ3v) is 3.68. The molecule has 1 aromatic rings. The van der Waals surface area contributed by atoms with Gasteiger partial charge in [0.15, 0.2) is 0 Å². The molecule has 130 valence electrons. The topological polar surface area (TPSA) is 49.8 Å². The summed E-state index contributed by atoms with van der Waals surface area (Å²) >= 11 is 0. The van der Waals surface area contributed by atoms with E-state index in [1.54, 1.807) is 6.92 Å². The highest BCUT2D eigenvalue weighted by Crippen LogP contribution is 2.14. The SMILES string of the molecule is CCCN(CCC)CC(O)COc1ccc(CCC(C)=O)cc1. The van der Waals surface area contributed by atoms with E-state index in [0.717, 1.165) is 43.7 Å². The molecule has 0 fully saturated rings. The third-order valence-electron chi connectivity index (χ3n) is 3.68. The van der Waals surface area contributed by atoms with Crippen LogP contribution in [0.3, 0.4) is 0 Å². The molecule has 1 unspecified atom stereocenters. The molecule has 1 rings (SSSR count). The van der Waals surface area contributed by atoms with Gasteiger partial charge in [0.05, 0.1) is 0 Å². The number of aliphatic hydroxyl groups is 1. The van der Waals surface area contributed by atoms with E-state index in [0.29, 0.717) is 19.6 Å². The Morgan fingerprint density at radius 2 is 1.78 bits per heavy atom. The van der Waals surface area contributed by atoms with Crippen LogP contribution in [-0.4, -0.2) is 48.1 Å². The molecule has 4 nitrogen and oxygen atoms in total. The average Bonchev–Trinajstić information content (AvgIpc) is 2.52. The first-order chi connectivity index (χ1) is 11.0. The van der Waals surface area contributed by atoms with E-state index < -0.39 is 6.10 Å². The van der Waals surface area contributed by atoms with Gasteiger partial charge in [0.2, 0.25) is 0 Å². The van der Waals surface area contributed by atoms with E-state index in [4.69, 9.17) is 4.74 Å². The predicted molar refractivity (Wildman–Crippen MR) is 94.0 cm³/mol. The van der Waals surface area contributed by atoms with Crippen molar-refractivity contribution in [1.82, 2.24) is 4.90 Å². The van der Waals surface area contributed by atoms with Crippen molar-refractivity contribution in [1.29, 1.82) is 0 Å². The van der Waals surface area contributed by atoms with Crippen LogP contribution in [0.25, 0.3) is 0 Å². The van der Waals surface area contributed by atoms with Crippen LogP contribution in [-0.2, 0) is 11.2 Å². The fraction of sp³-hybridized carbons (Fsp3) is 0.632. The normalized spacial score (nSPS) is 12.4. The summed E-state index contributed by atoms with van der Waals surface area (Å²) in [5.74, 6) is 0.963. The zero-order valence-electron chi connectivity index (χ0n) is 14.8. The van der Waals surface area contributed by atoms with E-state index in [1.165, 1.54) is 0 Å². The number of benzene rings is 1. The van der Waals surface area contributed by atoms with Crippen molar-refractivity contribution >= 4 is 5.78 Å². The van der Waals surface area contributed by atoms with E-state index in [2.05, 4.69) is 18.7 Å². The number of aryl methyl sites for hydroxylation is 1. The highest BCUT2D eigenvalue weighted by atomic mass is 16.5. The molecule has 1 atom stereocenters. The molecule has 0 bridgehead atoms. The molecular weight excluding hydrogens is 290 g/mol. The van der Waals surface area contributed by atoms with Gasteiger partial charge in [-0.25, -0.2) is 0 Å². The fourth-order valence-electron chi connectivity index (χ4n) is 2.54. The molecule has 0 amide bonds. The van der Waals surface area contributed by atoms with Crippen molar-refractivity contribution in [3.8, 4) is 5.75 Å². The number of carbonyl (C=O) groups is 1. The van der Waals surface area contributed by atoms with E-state index in [1.807, 2.05) is 24.3 Å². The largest absolute Gasteiger partial charge is 0.491 e. The maximum Gasteiger partial charge on any atom is 0.130 e. The summed E-state index contributed by atoms with van der Waals surface area (Å²) in [5, 5.41) is 10.1. The van der Waals surface area contributed by atoms with Gasteiger partial charge in [0.25, 0.3) is 0 Å². The fourth-order valence-corrected chi connectivity index (χ4v) is 2.54. The van der Waals surface area contributed by atoms with Crippen LogP contribution in [0.2, 0.25) is 0 Å². The lowest BCUT2D eigenvalue weighted by Gasteiger charge is -2.24. The minimum absolute atomic E-state index is 0.206. The van der Waals surface area contributed by atoms with E-state index in [-0.39, 0.29) is 5.78 Å². The summed E-state index contributed by atoms with van der Waals surface area (Å²) in [6.07, 6.45) is 3.04. The molecular formula is C19H31NO3. The summed E-state index contributed by atoms with van der Waals surface area (Å²) < 4.78 is 5.66. The van der Waals surface area contributed by atoms with Crippen molar-refractivity contribution in [2.45, 2.75) is 52.6 Å². The first-order valence-corrected chi connectivity index (χ1v) is 8.66. The van der Waals surface area contributed by atoms with Gasteiger partial charge in [0, 0.05) is 13.0 Å². The van der Waals surface area contributed by atoms with Gasteiger partial charge in [-0.15, -0.1) is 0 Å². The molecule has 1 N–H and O–H groups in total. The second-order valence-electron chi connectivity index (χ2n) is 6.11. The molecule has 0 aliphatic carbocycles. The number of aliphatic hydroxyl groups excluding tert-OH is 1. The lowest BCUT2D eigenvalue weighted by molar-refractivity contribution is -0.116. The quantitative estimate of drug-likeness (QED) is 0.643. The van der Waals surface area contributed by atoms with E-state index >= 15 is 0 Å². The van der Waals surface area contributed by atoms with Crippen LogP contribution in [0.15, 0.2) is 24.3 Å². The molecule has 0 radical (unpaired) electrons. The number of rotatable bonds is 12. The molecule has 0 heterocycles. The van der Waals surface area contributed by atoms with Crippen LogP contribution >= 0.6 is 0 Å². The number of hydrogen-bond donors (Lipinski definition) is 1. The van der Waals surface area contributed by atoms with Crippen LogP contribution in [0.4, 0.5) is 0 Å². The van der Waals surface area contributed by atoms with Gasteiger partial charge in [-0.05, 0) is 57.0 Å². The zero-order valence-corrected chi connectivity index (χ0v) is 14.8. The molecule has 0 saturated heterocycles. The van der Waals surface area contributed by atoms with Crippen molar-refractivity contribution in [2.24, 2.45) is 0 Å². The lowest BCUT2D eigenvalue weighted by atomic mass is 10.1. The van der Waals surface area contributed by atoms with E-state index in [9.17, 15) is 9.90 Å². The van der Waals surface area contributed by atoms with Gasteiger partial charge < -0.3 is 19.5 Å². The summed E-state index contributed by atoms with van der Waals surface area (Å²) in [7, 11) is 0. The van der Waals surface area contributed by atoms with Crippen molar-refractivity contribution in [3.05, 3.63) is 29.8 Å². The number of ether oxygens (including phenoxy) is 1. The predicted octanol–water partition coefficient (Wildman–Crippen LogP) is 3.07. The molecule has 0 spiro atoms. The van der Waals surface area contributed by atoms with Crippen LogP contribution in [0.5, 0.6) is 5.75 Å². The zero-order chi connectivity index (χ0) is 17.1. The molecule has 0 aliphatic rings. The summed E-state index contributed by atoms with van der Waals surface area (Å²) in [6.45, 7) is 8.89. The maximum atomic E-state index is 11.0. The Balaban J connectivity index is 2.37. The number of hydrogen-bond acceptors (Lipinski definition) is 4. The Kier molecular flexibility index (Phi) is 9.57. The monoisotopic (exact) mass is 321 g/mol. The average molecular weight is 321 g/mol. The highest BCUT2D eigenvalue weighted by Gasteiger charge is 2.11. The first kappa shape index (κ1) is 19.7. The Bertz CT molecular complexity index is 438. The van der Waals surface area contributed by atoms with Crippen LogP contribution in [0, 0.1) is 0 Å². The van der Waals surface area contributed by atoms with Gasteiger partial charge in [0.1, 0.15) is 24.2 Å². The molecule has 0 aromatic heterocycles. The van der Waals surface area contributed by atoms with Crippen molar-refractivity contribution in [3.63, 3.8) is 0 Å². The number of nitrogens with zero attached hydrogens (tertiary/aromatic N) is 1. The first-order valence-electron chi connectivity index (χ1n) is 8.66. The molecule has 4 heteroatoms. The highest BCUT2D eigenvalue weighted by molar-refractivity contribution is 5.75. The minimum Gasteiger partial charge on any atom is -0.491 e. The summed E-state index contributed by atoms with van der Waals surface area (Å²) in [6, 6.07) is 7.76. The Hall–Kier alpha value is -1.39. The summed E-state index contributed by atoms with van der Waals surface area (Å²) in [4.78, 5) is 13.3. The Morgan fingerprint density at radius 3 is 2.30 bits per heavy atom. The van der Waals surface area contributed by atoms with Gasteiger partial charge in [-0.1, -0.05) is 26.0 Å². The third kappa shape index (κ3) is 8.72. The smallest absolute Gasteiger partial charge is 0.130 e. The van der Waals surface area contributed by atoms with Crippen LogP contribution in [0.1, 0.15) is 45.6 Å². The molecule has 23 heavy (non-hydrogen) atoms. The number of ketones is 1. The Morgan fingerprint density at radius 1 is 1.17 bits per heavy atom. The standard InChI is InChI=1S/C19H31NO3/c1-4-12-20(13-5-2)14-18(22)15-23-19-10-8-17(9-11-19)7-6-16(3)21/h8-11,18,22H,4-7,12-15H2,1-3H3. The van der Waals surface area contributed by atoms with Gasteiger partial charge >= 0.3 is 0 Å². The summed E-state index contributed by atoms with van der Waals surface area (Å²) in [5.41, 5.74) is 1.13.